The zero-order valence-electron chi connectivity index (χ0n) is 11.6. The smallest absolute Gasteiger partial charge is 0.264 e. The van der Waals surface area contributed by atoms with Gasteiger partial charge in [-0.1, -0.05) is 5.16 Å². The van der Waals surface area contributed by atoms with Gasteiger partial charge in [0.15, 0.2) is 18.1 Å². The number of hydrogen-bond acceptors (Lipinski definition) is 7. The van der Waals surface area contributed by atoms with Crippen molar-refractivity contribution in [2.75, 3.05) is 7.11 Å². The van der Waals surface area contributed by atoms with Gasteiger partial charge in [-0.15, -0.1) is 0 Å². The minimum absolute atomic E-state index is 0.124. The van der Waals surface area contributed by atoms with Crippen molar-refractivity contribution in [3.63, 3.8) is 0 Å². The van der Waals surface area contributed by atoms with Crippen LogP contribution in [0.1, 0.15) is 11.5 Å². The van der Waals surface area contributed by atoms with Crippen LogP contribution in [-0.4, -0.2) is 17.3 Å². The third-order valence-electron chi connectivity index (χ3n) is 2.89. The van der Waals surface area contributed by atoms with Crippen LogP contribution in [0.5, 0.6) is 11.5 Å². The second-order valence-corrected chi connectivity index (χ2v) is 5.07. The Bertz CT molecular complexity index is 806. The highest BCUT2D eigenvalue weighted by molar-refractivity contribution is 7.08. The molecule has 0 unspecified atom stereocenters. The highest BCUT2D eigenvalue weighted by Crippen LogP contribution is 2.28. The molecule has 6 nitrogen and oxygen atoms in total. The van der Waals surface area contributed by atoms with Gasteiger partial charge in [0.25, 0.3) is 5.89 Å². The van der Waals surface area contributed by atoms with Crippen LogP contribution in [0, 0.1) is 11.3 Å². The lowest BCUT2D eigenvalue weighted by molar-refractivity contribution is 0.233. The molecule has 0 spiro atoms. The fourth-order valence-electron chi connectivity index (χ4n) is 1.82. The molecule has 0 aliphatic heterocycles. The van der Waals surface area contributed by atoms with Gasteiger partial charge in [0.05, 0.1) is 18.7 Å². The van der Waals surface area contributed by atoms with E-state index in [2.05, 4.69) is 10.1 Å². The third-order valence-corrected chi connectivity index (χ3v) is 3.57. The minimum atomic E-state index is 0.124. The molecular weight excluding hydrogens is 302 g/mol. The quantitative estimate of drug-likeness (QED) is 0.719. The Hall–Kier alpha value is -2.85. The van der Waals surface area contributed by atoms with Crippen molar-refractivity contribution in [3.8, 4) is 29.0 Å². The lowest BCUT2D eigenvalue weighted by Crippen LogP contribution is -1.98. The summed E-state index contributed by atoms with van der Waals surface area (Å²) >= 11 is 1.57. The van der Waals surface area contributed by atoms with Crippen molar-refractivity contribution in [2.24, 2.45) is 0 Å². The minimum Gasteiger partial charge on any atom is -0.493 e. The molecule has 2 aromatic heterocycles. The maximum Gasteiger partial charge on any atom is 0.264 e. The summed E-state index contributed by atoms with van der Waals surface area (Å²) < 4.78 is 16.0. The van der Waals surface area contributed by atoms with Crippen molar-refractivity contribution >= 4 is 11.3 Å². The highest BCUT2D eigenvalue weighted by atomic mass is 32.1. The van der Waals surface area contributed by atoms with E-state index < -0.39 is 0 Å². The molecule has 110 valence electrons. The first-order chi connectivity index (χ1) is 10.8. The zero-order chi connectivity index (χ0) is 15.4. The molecule has 0 aliphatic carbocycles. The second kappa shape index (κ2) is 6.28. The number of rotatable bonds is 5. The normalized spacial score (nSPS) is 10.2. The number of nitrogens with zero attached hydrogens (tertiary/aromatic N) is 3. The Labute approximate surface area is 130 Å². The van der Waals surface area contributed by atoms with E-state index in [0.717, 1.165) is 5.56 Å². The van der Waals surface area contributed by atoms with E-state index in [4.69, 9.17) is 19.3 Å². The van der Waals surface area contributed by atoms with E-state index in [1.807, 2.05) is 22.9 Å². The van der Waals surface area contributed by atoms with Gasteiger partial charge < -0.3 is 14.0 Å². The number of ether oxygens (including phenoxy) is 2. The molecule has 0 N–H and O–H groups in total. The van der Waals surface area contributed by atoms with Crippen LogP contribution in [-0.2, 0) is 6.61 Å². The van der Waals surface area contributed by atoms with Crippen molar-refractivity contribution in [3.05, 3.63) is 46.5 Å². The summed E-state index contributed by atoms with van der Waals surface area (Å²) in [5.41, 5.74) is 1.41. The average Bonchev–Trinajstić information content (AvgIpc) is 3.23. The van der Waals surface area contributed by atoms with E-state index in [0.29, 0.717) is 28.8 Å². The second-order valence-electron chi connectivity index (χ2n) is 4.29. The van der Waals surface area contributed by atoms with Crippen LogP contribution < -0.4 is 9.47 Å². The van der Waals surface area contributed by atoms with Gasteiger partial charge in [-0.05, 0) is 23.6 Å². The predicted octanol–water partition coefficient (Wildman–Crippen LogP) is 3.26. The highest BCUT2D eigenvalue weighted by Gasteiger charge is 2.11. The molecule has 7 heteroatoms. The van der Waals surface area contributed by atoms with Crippen molar-refractivity contribution in [1.82, 2.24) is 10.1 Å². The monoisotopic (exact) mass is 313 g/mol. The number of methoxy groups -OCH3 is 1. The maximum absolute atomic E-state index is 8.87. The Morgan fingerprint density at radius 3 is 2.95 bits per heavy atom. The molecule has 22 heavy (non-hydrogen) atoms. The third kappa shape index (κ3) is 2.92. The number of benzene rings is 1. The molecule has 0 atom stereocenters. The number of hydrogen-bond donors (Lipinski definition) is 0. The molecular formula is C15H11N3O3S. The summed E-state index contributed by atoms with van der Waals surface area (Å²) in [4.78, 5) is 4.27. The Kier molecular flexibility index (Phi) is 4.03. The fraction of sp³-hybridized carbons (Fsp3) is 0.133. The maximum atomic E-state index is 8.87. The molecule has 3 rings (SSSR count). The van der Waals surface area contributed by atoms with Gasteiger partial charge in [-0.3, -0.25) is 0 Å². The summed E-state index contributed by atoms with van der Waals surface area (Å²) in [6, 6.07) is 8.91. The number of aromatic nitrogens is 2. The van der Waals surface area contributed by atoms with E-state index in [-0.39, 0.29) is 6.61 Å². The summed E-state index contributed by atoms with van der Waals surface area (Å²) in [6.07, 6.45) is 0. The first-order valence-electron chi connectivity index (χ1n) is 6.36. The Balaban J connectivity index is 1.72. The molecule has 0 amide bonds. The fourth-order valence-corrected chi connectivity index (χ4v) is 2.45. The first-order valence-corrected chi connectivity index (χ1v) is 7.30. The predicted molar refractivity (Wildman–Crippen MR) is 79.7 cm³/mol. The molecule has 0 saturated heterocycles. The topological polar surface area (TPSA) is 81.2 Å². The first kappa shape index (κ1) is 14.1. The molecule has 0 radical (unpaired) electrons. The molecule has 0 saturated carbocycles. The molecule has 2 heterocycles. The van der Waals surface area contributed by atoms with Crippen LogP contribution in [0.4, 0.5) is 0 Å². The van der Waals surface area contributed by atoms with Crippen LogP contribution in [0.2, 0.25) is 0 Å². The van der Waals surface area contributed by atoms with Crippen molar-refractivity contribution < 1.29 is 14.0 Å². The van der Waals surface area contributed by atoms with E-state index >= 15 is 0 Å². The SMILES string of the molecule is COc1cc(C#N)ccc1OCc1nc(-c2ccsc2)no1. The molecule has 0 aliphatic rings. The largest absolute Gasteiger partial charge is 0.493 e. The molecule has 3 aromatic rings. The number of nitriles is 1. The molecule has 1 aromatic carbocycles. The van der Waals surface area contributed by atoms with Gasteiger partial charge >= 0.3 is 0 Å². The summed E-state index contributed by atoms with van der Waals surface area (Å²) in [7, 11) is 1.52. The Morgan fingerprint density at radius 2 is 2.23 bits per heavy atom. The van der Waals surface area contributed by atoms with Crippen molar-refractivity contribution in [2.45, 2.75) is 6.61 Å². The van der Waals surface area contributed by atoms with Gasteiger partial charge in [0.1, 0.15) is 0 Å². The van der Waals surface area contributed by atoms with E-state index in [1.54, 1.807) is 29.5 Å². The summed E-state index contributed by atoms with van der Waals surface area (Å²) in [5, 5.41) is 16.7. The molecule has 0 bridgehead atoms. The lowest BCUT2D eigenvalue weighted by atomic mass is 10.2. The standard InChI is InChI=1S/C15H11N3O3S/c1-19-13-6-10(7-16)2-3-12(13)20-8-14-17-15(18-21-14)11-4-5-22-9-11/h2-6,9H,8H2,1H3. The number of thiophene rings is 1. The van der Waals surface area contributed by atoms with Crippen molar-refractivity contribution in [1.29, 1.82) is 5.26 Å². The Morgan fingerprint density at radius 1 is 1.32 bits per heavy atom. The average molecular weight is 313 g/mol. The summed E-state index contributed by atoms with van der Waals surface area (Å²) in [5.74, 6) is 1.90. The van der Waals surface area contributed by atoms with E-state index in [9.17, 15) is 0 Å². The lowest BCUT2D eigenvalue weighted by Gasteiger charge is -2.08. The van der Waals surface area contributed by atoms with Gasteiger partial charge in [0.2, 0.25) is 5.82 Å². The van der Waals surface area contributed by atoms with E-state index in [1.165, 1.54) is 7.11 Å². The summed E-state index contributed by atoms with van der Waals surface area (Å²) in [6.45, 7) is 0.124. The van der Waals surface area contributed by atoms with Crippen LogP contribution >= 0.6 is 11.3 Å². The van der Waals surface area contributed by atoms with Gasteiger partial charge in [0, 0.05) is 17.0 Å². The zero-order valence-corrected chi connectivity index (χ0v) is 12.5. The van der Waals surface area contributed by atoms with Gasteiger partial charge in [-0.25, -0.2) is 0 Å². The van der Waals surface area contributed by atoms with Crippen LogP contribution in [0.25, 0.3) is 11.4 Å². The molecule has 0 fully saturated rings. The van der Waals surface area contributed by atoms with Crippen LogP contribution in [0.15, 0.2) is 39.5 Å². The van der Waals surface area contributed by atoms with Crippen LogP contribution in [0.3, 0.4) is 0 Å². The van der Waals surface area contributed by atoms with Gasteiger partial charge in [-0.2, -0.15) is 21.6 Å².